The molecule has 3 aromatic rings. The monoisotopic (exact) mass is 542 g/mol. The third-order valence-corrected chi connectivity index (χ3v) is 6.81. The molecule has 12 heteroatoms. The van der Waals surface area contributed by atoms with Crippen LogP contribution in [0, 0.1) is 0 Å². The number of hydrogen-bond acceptors (Lipinski definition) is 5. The molecule has 0 aliphatic heterocycles. The van der Waals surface area contributed by atoms with Gasteiger partial charge in [0.05, 0.1) is 30.4 Å². The molecule has 0 saturated heterocycles. The average Bonchev–Trinajstić information content (AvgIpc) is 2.84. The van der Waals surface area contributed by atoms with Gasteiger partial charge in [-0.25, -0.2) is 8.42 Å². The molecule has 0 radical (unpaired) electrons. The second kappa shape index (κ2) is 11.2. The fourth-order valence-electron chi connectivity index (χ4n) is 3.36. The largest absolute Gasteiger partial charge is 0.493 e. The number of ether oxygens (including phenoxy) is 2. The maximum absolute atomic E-state index is 13.5. The maximum Gasteiger partial charge on any atom is 0.418 e. The SMILES string of the molecule is COc1ccc(S(=O)(=O)N[C@@H](Cc2ccccc2)C(=O)Nc2ccc(Cl)cc2C(F)(F)F)cc1OC. The van der Waals surface area contributed by atoms with Crippen LogP contribution >= 0.6 is 11.6 Å². The highest BCUT2D eigenvalue weighted by Gasteiger charge is 2.35. The first-order valence-corrected chi connectivity index (χ1v) is 12.3. The van der Waals surface area contributed by atoms with E-state index < -0.39 is 39.4 Å². The zero-order chi connectivity index (χ0) is 26.5. The third kappa shape index (κ3) is 6.68. The van der Waals surface area contributed by atoms with Crippen LogP contribution in [0.1, 0.15) is 11.1 Å². The van der Waals surface area contributed by atoms with Crippen LogP contribution in [-0.4, -0.2) is 34.6 Å². The quantitative estimate of drug-likeness (QED) is 0.401. The van der Waals surface area contributed by atoms with Crippen molar-refractivity contribution in [1.82, 2.24) is 4.72 Å². The van der Waals surface area contributed by atoms with Crippen LogP contribution < -0.4 is 19.5 Å². The lowest BCUT2D eigenvalue weighted by Crippen LogP contribution is -2.45. The Morgan fingerprint density at radius 3 is 2.25 bits per heavy atom. The lowest BCUT2D eigenvalue weighted by atomic mass is 10.1. The van der Waals surface area contributed by atoms with Crippen LogP contribution in [0.15, 0.2) is 71.6 Å². The zero-order valence-electron chi connectivity index (χ0n) is 19.1. The highest BCUT2D eigenvalue weighted by atomic mass is 35.5. The van der Waals surface area contributed by atoms with E-state index in [1.807, 2.05) is 0 Å². The van der Waals surface area contributed by atoms with Crippen LogP contribution in [0.25, 0.3) is 0 Å². The molecule has 3 aromatic carbocycles. The molecular formula is C24H22ClF3N2O5S. The normalized spacial score (nSPS) is 12.6. The Morgan fingerprint density at radius 2 is 1.64 bits per heavy atom. The van der Waals surface area contributed by atoms with Gasteiger partial charge in [0.25, 0.3) is 0 Å². The molecule has 192 valence electrons. The van der Waals surface area contributed by atoms with Gasteiger partial charge in [-0.15, -0.1) is 0 Å². The molecule has 3 rings (SSSR count). The van der Waals surface area contributed by atoms with Crippen molar-refractivity contribution in [3.63, 3.8) is 0 Å². The van der Waals surface area contributed by atoms with E-state index in [0.29, 0.717) is 11.6 Å². The summed E-state index contributed by atoms with van der Waals surface area (Å²) in [6.07, 6.45) is -4.93. The van der Waals surface area contributed by atoms with Gasteiger partial charge in [0.15, 0.2) is 11.5 Å². The summed E-state index contributed by atoms with van der Waals surface area (Å²) in [5.74, 6) is -0.561. The number of hydrogen-bond donors (Lipinski definition) is 2. The van der Waals surface area contributed by atoms with Crippen molar-refractivity contribution < 1.29 is 35.9 Å². The van der Waals surface area contributed by atoms with Crippen molar-refractivity contribution in [3.05, 3.63) is 82.9 Å². The highest BCUT2D eigenvalue weighted by Crippen LogP contribution is 2.36. The molecule has 0 heterocycles. The van der Waals surface area contributed by atoms with Gasteiger partial charge in [-0.3, -0.25) is 4.79 Å². The molecule has 7 nitrogen and oxygen atoms in total. The fourth-order valence-corrected chi connectivity index (χ4v) is 4.74. The molecule has 0 spiro atoms. The Hall–Kier alpha value is -3.28. The van der Waals surface area contributed by atoms with Crippen LogP contribution in [0.3, 0.4) is 0 Å². The van der Waals surface area contributed by atoms with Crippen molar-refractivity contribution in [2.24, 2.45) is 0 Å². The Labute approximate surface area is 211 Å². The van der Waals surface area contributed by atoms with E-state index in [9.17, 15) is 26.4 Å². The number of anilines is 1. The number of sulfonamides is 1. The van der Waals surface area contributed by atoms with Gasteiger partial charge in [0, 0.05) is 11.1 Å². The van der Waals surface area contributed by atoms with Gasteiger partial charge >= 0.3 is 6.18 Å². The van der Waals surface area contributed by atoms with E-state index in [0.717, 1.165) is 6.07 Å². The first kappa shape index (κ1) is 27.3. The molecule has 0 aliphatic rings. The second-order valence-corrected chi connectivity index (χ2v) is 9.71. The zero-order valence-corrected chi connectivity index (χ0v) is 20.7. The second-order valence-electron chi connectivity index (χ2n) is 7.56. The molecular weight excluding hydrogens is 521 g/mol. The number of halogens is 4. The van der Waals surface area contributed by atoms with Crippen LogP contribution in [0.2, 0.25) is 5.02 Å². The van der Waals surface area contributed by atoms with Gasteiger partial charge in [-0.1, -0.05) is 41.9 Å². The van der Waals surface area contributed by atoms with Gasteiger partial charge in [0.2, 0.25) is 15.9 Å². The van der Waals surface area contributed by atoms with Gasteiger partial charge < -0.3 is 14.8 Å². The number of amides is 1. The van der Waals surface area contributed by atoms with E-state index >= 15 is 0 Å². The van der Waals surface area contributed by atoms with Gasteiger partial charge in [0.1, 0.15) is 6.04 Å². The number of carbonyl (C=O) groups excluding carboxylic acids is 1. The van der Waals surface area contributed by atoms with E-state index in [4.69, 9.17) is 21.1 Å². The molecule has 0 bridgehead atoms. The van der Waals surface area contributed by atoms with Crippen LogP contribution in [0.5, 0.6) is 11.5 Å². The predicted octanol–water partition coefficient (Wildman–Crippen LogP) is 4.90. The third-order valence-electron chi connectivity index (χ3n) is 5.11. The lowest BCUT2D eigenvalue weighted by Gasteiger charge is -2.21. The summed E-state index contributed by atoms with van der Waals surface area (Å²) in [5.41, 5.74) is -1.13. The summed E-state index contributed by atoms with van der Waals surface area (Å²) < 4.78 is 79.4. The Morgan fingerprint density at radius 1 is 0.972 bits per heavy atom. The highest BCUT2D eigenvalue weighted by molar-refractivity contribution is 7.89. The van der Waals surface area contributed by atoms with Crippen LogP contribution in [-0.2, 0) is 27.4 Å². The van der Waals surface area contributed by atoms with Crippen molar-refractivity contribution >= 4 is 33.2 Å². The Balaban J connectivity index is 1.96. The van der Waals surface area contributed by atoms with E-state index in [-0.39, 0.29) is 27.8 Å². The van der Waals surface area contributed by atoms with Gasteiger partial charge in [-0.05, 0) is 42.3 Å². The van der Waals surface area contributed by atoms with E-state index in [1.54, 1.807) is 30.3 Å². The maximum atomic E-state index is 13.5. The van der Waals surface area contributed by atoms with Gasteiger partial charge in [-0.2, -0.15) is 17.9 Å². The summed E-state index contributed by atoms with van der Waals surface area (Å²) >= 11 is 5.71. The molecule has 36 heavy (non-hydrogen) atoms. The molecule has 2 N–H and O–H groups in total. The van der Waals surface area contributed by atoms with E-state index in [1.165, 1.54) is 38.5 Å². The number of benzene rings is 3. The number of methoxy groups -OCH3 is 2. The van der Waals surface area contributed by atoms with Crippen molar-refractivity contribution in [3.8, 4) is 11.5 Å². The summed E-state index contributed by atoms with van der Waals surface area (Å²) in [7, 11) is -1.59. The summed E-state index contributed by atoms with van der Waals surface area (Å²) in [5, 5.41) is 2.02. The minimum absolute atomic E-state index is 0.131. The average molecular weight is 543 g/mol. The first-order chi connectivity index (χ1) is 16.9. The molecule has 0 aromatic heterocycles. The summed E-state index contributed by atoms with van der Waals surface area (Å²) in [4.78, 5) is 12.9. The van der Waals surface area contributed by atoms with Crippen molar-refractivity contribution in [2.45, 2.75) is 23.5 Å². The molecule has 0 fully saturated rings. The Kier molecular flexibility index (Phi) is 8.49. The number of alkyl halides is 3. The number of carbonyl (C=O) groups is 1. The minimum atomic E-state index is -4.80. The Bertz CT molecular complexity index is 1340. The smallest absolute Gasteiger partial charge is 0.418 e. The molecule has 0 saturated carbocycles. The fraction of sp³-hybridized carbons (Fsp3) is 0.208. The lowest BCUT2D eigenvalue weighted by molar-refractivity contribution is -0.137. The van der Waals surface area contributed by atoms with E-state index in [2.05, 4.69) is 10.0 Å². The minimum Gasteiger partial charge on any atom is -0.493 e. The molecule has 1 amide bonds. The first-order valence-electron chi connectivity index (χ1n) is 10.4. The predicted molar refractivity (Wildman–Crippen MR) is 129 cm³/mol. The number of nitrogens with one attached hydrogen (secondary N) is 2. The molecule has 0 aliphatic carbocycles. The molecule has 1 atom stereocenters. The summed E-state index contributed by atoms with van der Waals surface area (Å²) in [6.45, 7) is 0. The van der Waals surface area contributed by atoms with Crippen molar-refractivity contribution in [1.29, 1.82) is 0 Å². The summed E-state index contributed by atoms with van der Waals surface area (Å²) in [6, 6.07) is 13.7. The topological polar surface area (TPSA) is 93.7 Å². The standard InChI is InChI=1S/C24H22ClF3N2O5S/c1-34-21-11-9-17(14-22(21)35-2)36(32,33)30-20(12-15-6-4-3-5-7-15)23(31)29-19-10-8-16(25)13-18(19)24(26,27)28/h3-11,13-14,20,30H,12H2,1-2H3,(H,29,31)/t20-/m0/s1. The molecule has 0 unspecified atom stereocenters. The number of rotatable bonds is 9. The van der Waals surface area contributed by atoms with Crippen molar-refractivity contribution in [2.75, 3.05) is 19.5 Å². The van der Waals surface area contributed by atoms with Crippen LogP contribution in [0.4, 0.5) is 18.9 Å².